The van der Waals surface area contributed by atoms with E-state index in [1.165, 1.54) is 0 Å². The van der Waals surface area contributed by atoms with Gasteiger partial charge in [-0.2, -0.15) is 5.10 Å². The molecule has 0 spiro atoms. The van der Waals surface area contributed by atoms with Crippen LogP contribution in [0, 0.1) is 13.8 Å². The summed E-state index contributed by atoms with van der Waals surface area (Å²) in [4.78, 5) is 14.2. The van der Waals surface area contributed by atoms with Gasteiger partial charge in [-0.1, -0.05) is 6.92 Å². The van der Waals surface area contributed by atoms with Crippen molar-refractivity contribution in [3.05, 3.63) is 17.0 Å². The minimum Gasteiger partial charge on any atom is -0.351 e. The van der Waals surface area contributed by atoms with E-state index in [0.29, 0.717) is 18.2 Å². The lowest BCUT2D eigenvalue weighted by atomic mass is 10.2. The SMILES string of the molecule is CCC(C)N(C)CCNC(=O)c1c(C)n[nH]c1C. The minimum atomic E-state index is -0.0451. The molecule has 0 aliphatic rings. The highest BCUT2D eigenvalue weighted by Gasteiger charge is 2.15. The van der Waals surface area contributed by atoms with E-state index in [0.717, 1.165) is 24.4 Å². The van der Waals surface area contributed by atoms with Crippen molar-refractivity contribution in [3.8, 4) is 0 Å². The largest absolute Gasteiger partial charge is 0.351 e. The number of hydrogen-bond acceptors (Lipinski definition) is 3. The maximum atomic E-state index is 12.0. The number of carbonyl (C=O) groups excluding carboxylic acids is 1. The minimum absolute atomic E-state index is 0.0451. The molecule has 1 aromatic rings. The molecular weight excluding hydrogens is 228 g/mol. The van der Waals surface area contributed by atoms with Gasteiger partial charge in [-0.15, -0.1) is 0 Å². The summed E-state index contributed by atoms with van der Waals surface area (Å²) in [5, 5.41) is 9.78. The maximum absolute atomic E-state index is 12.0. The fourth-order valence-corrected chi connectivity index (χ4v) is 1.85. The fraction of sp³-hybridized carbons (Fsp3) is 0.692. The Balaban J connectivity index is 2.43. The number of H-pyrrole nitrogens is 1. The van der Waals surface area contributed by atoms with Crippen LogP contribution in [-0.4, -0.2) is 47.2 Å². The number of aromatic amines is 1. The average molecular weight is 252 g/mol. The van der Waals surface area contributed by atoms with Crippen molar-refractivity contribution in [3.63, 3.8) is 0 Å². The van der Waals surface area contributed by atoms with Crippen molar-refractivity contribution in [2.24, 2.45) is 0 Å². The monoisotopic (exact) mass is 252 g/mol. The predicted octanol–water partition coefficient (Wildman–Crippen LogP) is 1.49. The molecule has 0 saturated heterocycles. The molecule has 18 heavy (non-hydrogen) atoms. The Morgan fingerprint density at radius 1 is 1.50 bits per heavy atom. The Bertz CT molecular complexity index is 380. The normalized spacial score (nSPS) is 12.8. The van der Waals surface area contributed by atoms with E-state index in [1.807, 2.05) is 13.8 Å². The topological polar surface area (TPSA) is 61.0 Å². The fourth-order valence-electron chi connectivity index (χ4n) is 1.85. The van der Waals surface area contributed by atoms with Crippen molar-refractivity contribution < 1.29 is 4.79 Å². The van der Waals surface area contributed by atoms with Gasteiger partial charge in [-0.25, -0.2) is 0 Å². The number of aromatic nitrogens is 2. The first-order valence-electron chi connectivity index (χ1n) is 6.47. The second kappa shape index (κ2) is 6.54. The van der Waals surface area contributed by atoms with Crippen LogP contribution in [0.1, 0.15) is 42.0 Å². The van der Waals surface area contributed by atoms with Gasteiger partial charge in [0, 0.05) is 24.8 Å². The Hall–Kier alpha value is -1.36. The van der Waals surface area contributed by atoms with E-state index in [-0.39, 0.29) is 5.91 Å². The maximum Gasteiger partial charge on any atom is 0.255 e. The van der Waals surface area contributed by atoms with Gasteiger partial charge in [0.1, 0.15) is 0 Å². The van der Waals surface area contributed by atoms with Gasteiger partial charge in [0.25, 0.3) is 5.91 Å². The molecular formula is C13H24N4O. The third kappa shape index (κ3) is 3.57. The summed E-state index contributed by atoms with van der Waals surface area (Å²) < 4.78 is 0. The summed E-state index contributed by atoms with van der Waals surface area (Å²) in [6.45, 7) is 9.56. The predicted molar refractivity (Wildman–Crippen MR) is 72.8 cm³/mol. The molecule has 1 amide bonds. The van der Waals surface area contributed by atoms with Crippen LogP contribution in [0.4, 0.5) is 0 Å². The molecule has 0 radical (unpaired) electrons. The van der Waals surface area contributed by atoms with Crippen LogP contribution in [0.3, 0.4) is 0 Å². The highest BCUT2D eigenvalue weighted by molar-refractivity contribution is 5.96. The zero-order valence-corrected chi connectivity index (χ0v) is 12.0. The highest BCUT2D eigenvalue weighted by Crippen LogP contribution is 2.08. The van der Waals surface area contributed by atoms with Crippen LogP contribution in [0.15, 0.2) is 0 Å². The van der Waals surface area contributed by atoms with Crippen molar-refractivity contribution in [2.75, 3.05) is 20.1 Å². The summed E-state index contributed by atoms with van der Waals surface area (Å²) in [7, 11) is 2.08. The molecule has 0 aromatic carbocycles. The number of nitrogens with one attached hydrogen (secondary N) is 2. The van der Waals surface area contributed by atoms with Gasteiger partial charge in [-0.3, -0.25) is 9.89 Å². The number of likely N-dealkylation sites (N-methyl/N-ethyl adjacent to an activating group) is 1. The van der Waals surface area contributed by atoms with Crippen molar-refractivity contribution in [1.82, 2.24) is 20.4 Å². The molecule has 0 fully saturated rings. The van der Waals surface area contributed by atoms with Crippen LogP contribution in [0.2, 0.25) is 0 Å². The van der Waals surface area contributed by atoms with E-state index < -0.39 is 0 Å². The number of carbonyl (C=O) groups is 1. The summed E-state index contributed by atoms with van der Waals surface area (Å²) in [6.07, 6.45) is 1.12. The van der Waals surface area contributed by atoms with Crippen LogP contribution in [0.5, 0.6) is 0 Å². The standard InChI is InChI=1S/C13H24N4O/c1-6-9(2)17(5)8-7-14-13(18)12-10(3)15-16-11(12)4/h9H,6-8H2,1-5H3,(H,14,18)(H,15,16). The lowest BCUT2D eigenvalue weighted by Gasteiger charge is -2.23. The van der Waals surface area contributed by atoms with E-state index in [4.69, 9.17) is 0 Å². The zero-order valence-electron chi connectivity index (χ0n) is 12.0. The first-order chi connectivity index (χ1) is 8.47. The van der Waals surface area contributed by atoms with Gasteiger partial charge in [-0.05, 0) is 34.2 Å². The Morgan fingerprint density at radius 3 is 2.67 bits per heavy atom. The number of amides is 1. The van der Waals surface area contributed by atoms with E-state index in [1.54, 1.807) is 0 Å². The van der Waals surface area contributed by atoms with Gasteiger partial charge in [0.15, 0.2) is 0 Å². The summed E-state index contributed by atoms with van der Waals surface area (Å²) in [6, 6.07) is 0.541. The summed E-state index contributed by atoms with van der Waals surface area (Å²) >= 11 is 0. The Morgan fingerprint density at radius 2 is 2.17 bits per heavy atom. The van der Waals surface area contributed by atoms with Crippen LogP contribution in [0.25, 0.3) is 0 Å². The molecule has 102 valence electrons. The number of aryl methyl sites for hydroxylation is 2. The van der Waals surface area contributed by atoms with Gasteiger partial charge in [0.05, 0.1) is 11.3 Å². The van der Waals surface area contributed by atoms with Crippen LogP contribution < -0.4 is 5.32 Å². The van der Waals surface area contributed by atoms with Crippen molar-refractivity contribution in [1.29, 1.82) is 0 Å². The molecule has 2 N–H and O–H groups in total. The molecule has 1 aromatic heterocycles. The molecule has 5 nitrogen and oxygen atoms in total. The molecule has 1 atom stereocenters. The second-order valence-electron chi connectivity index (χ2n) is 4.80. The summed E-state index contributed by atoms with van der Waals surface area (Å²) in [5.74, 6) is -0.0451. The summed E-state index contributed by atoms with van der Waals surface area (Å²) in [5.41, 5.74) is 2.24. The lowest BCUT2D eigenvalue weighted by molar-refractivity contribution is 0.0946. The lowest BCUT2D eigenvalue weighted by Crippen LogP contribution is -2.37. The highest BCUT2D eigenvalue weighted by atomic mass is 16.1. The quantitative estimate of drug-likeness (QED) is 0.806. The third-order valence-electron chi connectivity index (χ3n) is 3.45. The van der Waals surface area contributed by atoms with Gasteiger partial charge < -0.3 is 10.2 Å². The molecule has 0 aliphatic carbocycles. The third-order valence-corrected chi connectivity index (χ3v) is 3.45. The molecule has 1 unspecified atom stereocenters. The smallest absolute Gasteiger partial charge is 0.255 e. The first-order valence-corrected chi connectivity index (χ1v) is 6.47. The van der Waals surface area contributed by atoms with E-state index >= 15 is 0 Å². The first kappa shape index (κ1) is 14.7. The number of rotatable bonds is 6. The Labute approximate surface area is 109 Å². The zero-order chi connectivity index (χ0) is 13.7. The average Bonchev–Trinajstić information content (AvgIpc) is 2.67. The van der Waals surface area contributed by atoms with E-state index in [2.05, 4.69) is 41.3 Å². The van der Waals surface area contributed by atoms with Crippen LogP contribution in [-0.2, 0) is 0 Å². The molecule has 1 heterocycles. The number of nitrogens with zero attached hydrogens (tertiary/aromatic N) is 2. The number of hydrogen-bond donors (Lipinski definition) is 2. The van der Waals surface area contributed by atoms with Crippen molar-refractivity contribution in [2.45, 2.75) is 40.2 Å². The Kier molecular flexibility index (Phi) is 5.34. The second-order valence-corrected chi connectivity index (χ2v) is 4.80. The van der Waals surface area contributed by atoms with Gasteiger partial charge in [0.2, 0.25) is 0 Å². The molecule has 1 rings (SSSR count). The van der Waals surface area contributed by atoms with Crippen molar-refractivity contribution >= 4 is 5.91 Å². The molecule has 5 heteroatoms. The molecule has 0 saturated carbocycles. The van der Waals surface area contributed by atoms with Crippen LogP contribution >= 0.6 is 0 Å². The molecule has 0 aliphatic heterocycles. The van der Waals surface area contributed by atoms with E-state index in [9.17, 15) is 4.79 Å². The van der Waals surface area contributed by atoms with Gasteiger partial charge >= 0.3 is 0 Å². The molecule has 0 bridgehead atoms.